The van der Waals surface area contributed by atoms with Crippen LogP contribution in [0, 0.1) is 17.2 Å². The predicted octanol–water partition coefficient (Wildman–Crippen LogP) is 1.30. The molecule has 1 aliphatic rings. The Morgan fingerprint density at radius 1 is 1.55 bits per heavy atom. The molecule has 0 aromatic heterocycles. The van der Waals surface area contributed by atoms with Crippen molar-refractivity contribution in [1.82, 2.24) is 0 Å². The smallest absolute Gasteiger partial charge is 0.158 e. The van der Waals surface area contributed by atoms with Gasteiger partial charge in [0.25, 0.3) is 0 Å². The Balaban J connectivity index is 2.20. The van der Waals surface area contributed by atoms with E-state index in [4.69, 9.17) is 14.7 Å². The number of nitrogens with zero attached hydrogens (tertiary/aromatic N) is 1. The average molecular weight is 155 g/mol. The first-order chi connectivity index (χ1) is 5.33. The van der Waals surface area contributed by atoms with Crippen LogP contribution < -0.4 is 0 Å². The normalized spacial score (nSPS) is 22.5. The van der Waals surface area contributed by atoms with Gasteiger partial charge in [-0.15, -0.1) is 0 Å². The maximum absolute atomic E-state index is 8.50. The van der Waals surface area contributed by atoms with E-state index in [2.05, 4.69) is 6.07 Å². The molecule has 3 nitrogen and oxygen atoms in total. The second-order valence-electron chi connectivity index (χ2n) is 2.79. The summed E-state index contributed by atoms with van der Waals surface area (Å²) in [4.78, 5) is 0. The van der Waals surface area contributed by atoms with Gasteiger partial charge in [0.1, 0.15) is 0 Å². The van der Waals surface area contributed by atoms with Gasteiger partial charge in [-0.2, -0.15) is 5.26 Å². The largest absolute Gasteiger partial charge is 0.353 e. The van der Waals surface area contributed by atoms with Crippen molar-refractivity contribution in [3.63, 3.8) is 0 Å². The maximum atomic E-state index is 8.50. The highest BCUT2D eigenvalue weighted by Gasteiger charge is 2.16. The van der Waals surface area contributed by atoms with Gasteiger partial charge >= 0.3 is 0 Å². The minimum atomic E-state index is -0.140. The summed E-state index contributed by atoms with van der Waals surface area (Å²) in [5.41, 5.74) is 0. The lowest BCUT2D eigenvalue weighted by Crippen LogP contribution is -2.26. The van der Waals surface area contributed by atoms with Crippen LogP contribution in [-0.4, -0.2) is 19.5 Å². The highest BCUT2D eigenvalue weighted by atomic mass is 16.7. The number of ether oxygens (including phenoxy) is 2. The van der Waals surface area contributed by atoms with E-state index in [1.54, 1.807) is 0 Å². The molecule has 0 bridgehead atoms. The molecule has 3 heteroatoms. The number of nitriles is 1. The molecule has 1 saturated heterocycles. The quantitative estimate of drug-likeness (QED) is 0.603. The number of rotatable bonds is 2. The van der Waals surface area contributed by atoms with Crippen LogP contribution in [0.25, 0.3) is 0 Å². The van der Waals surface area contributed by atoms with Crippen molar-refractivity contribution >= 4 is 0 Å². The second-order valence-corrected chi connectivity index (χ2v) is 2.79. The molecule has 11 heavy (non-hydrogen) atoms. The molecule has 0 aromatic carbocycles. The van der Waals surface area contributed by atoms with Gasteiger partial charge in [0.2, 0.25) is 0 Å². The summed E-state index contributed by atoms with van der Waals surface area (Å²) < 4.78 is 10.6. The average Bonchev–Trinajstić information content (AvgIpc) is 2.06. The van der Waals surface area contributed by atoms with Crippen LogP contribution in [0.1, 0.15) is 19.8 Å². The molecule has 0 radical (unpaired) electrons. The topological polar surface area (TPSA) is 42.2 Å². The van der Waals surface area contributed by atoms with Crippen LogP contribution in [0.4, 0.5) is 0 Å². The molecule has 0 amide bonds. The Labute approximate surface area is 66.9 Å². The van der Waals surface area contributed by atoms with Crippen LogP contribution in [0.15, 0.2) is 0 Å². The molecule has 1 fully saturated rings. The highest BCUT2D eigenvalue weighted by molar-refractivity contribution is 4.79. The zero-order chi connectivity index (χ0) is 8.10. The Bertz CT molecular complexity index is 147. The van der Waals surface area contributed by atoms with Crippen molar-refractivity contribution in [1.29, 1.82) is 5.26 Å². The van der Waals surface area contributed by atoms with Gasteiger partial charge in [-0.1, -0.05) is 0 Å². The molecule has 0 saturated carbocycles. The molecule has 0 N–H and O–H groups in total. The van der Waals surface area contributed by atoms with Gasteiger partial charge in [0.15, 0.2) is 6.29 Å². The van der Waals surface area contributed by atoms with Gasteiger partial charge in [-0.25, -0.2) is 0 Å². The van der Waals surface area contributed by atoms with Gasteiger partial charge in [0, 0.05) is 12.3 Å². The van der Waals surface area contributed by atoms with E-state index in [0.717, 1.165) is 19.6 Å². The van der Waals surface area contributed by atoms with Crippen molar-refractivity contribution in [3.8, 4) is 6.07 Å². The Morgan fingerprint density at radius 3 is 2.73 bits per heavy atom. The van der Waals surface area contributed by atoms with E-state index >= 15 is 0 Å². The molecule has 1 heterocycles. The van der Waals surface area contributed by atoms with Crippen LogP contribution in [0.3, 0.4) is 0 Å². The molecule has 62 valence electrons. The molecule has 1 unspecified atom stereocenters. The summed E-state index contributed by atoms with van der Waals surface area (Å²) >= 11 is 0. The summed E-state index contributed by atoms with van der Waals surface area (Å²) in [6, 6.07) is 2.15. The lowest BCUT2D eigenvalue weighted by Gasteiger charge is -2.23. The third-order valence-electron chi connectivity index (χ3n) is 1.66. The number of hydrogen-bond acceptors (Lipinski definition) is 3. The van der Waals surface area contributed by atoms with Crippen LogP contribution in [0.5, 0.6) is 0 Å². The van der Waals surface area contributed by atoms with E-state index in [9.17, 15) is 0 Å². The van der Waals surface area contributed by atoms with Crippen LogP contribution >= 0.6 is 0 Å². The molecule has 0 aliphatic carbocycles. The lowest BCUT2D eigenvalue weighted by molar-refractivity contribution is -0.183. The first-order valence-corrected chi connectivity index (χ1v) is 3.95. The third-order valence-corrected chi connectivity index (χ3v) is 1.66. The van der Waals surface area contributed by atoms with Crippen LogP contribution in [-0.2, 0) is 9.47 Å². The van der Waals surface area contributed by atoms with Crippen molar-refractivity contribution in [3.05, 3.63) is 0 Å². The molecule has 0 spiro atoms. The van der Waals surface area contributed by atoms with Crippen LogP contribution in [0.2, 0.25) is 0 Å². The monoisotopic (exact) mass is 155 g/mol. The summed E-state index contributed by atoms with van der Waals surface area (Å²) in [6.07, 6.45) is 1.52. The fourth-order valence-electron chi connectivity index (χ4n) is 1.01. The molecule has 1 rings (SSSR count). The first-order valence-electron chi connectivity index (χ1n) is 3.95. The van der Waals surface area contributed by atoms with E-state index < -0.39 is 0 Å². The second kappa shape index (κ2) is 4.32. The summed E-state index contributed by atoms with van der Waals surface area (Å²) in [5.74, 6) is 0.0260. The molecule has 1 aliphatic heterocycles. The van der Waals surface area contributed by atoms with E-state index in [1.165, 1.54) is 0 Å². The van der Waals surface area contributed by atoms with Crippen molar-refractivity contribution in [2.24, 2.45) is 5.92 Å². The minimum Gasteiger partial charge on any atom is -0.353 e. The maximum Gasteiger partial charge on any atom is 0.158 e. The molecule has 1 atom stereocenters. The Morgan fingerprint density at radius 2 is 2.18 bits per heavy atom. The fraction of sp³-hybridized carbons (Fsp3) is 0.875. The van der Waals surface area contributed by atoms with Crippen molar-refractivity contribution in [2.75, 3.05) is 13.2 Å². The summed E-state index contributed by atoms with van der Waals surface area (Å²) in [6.45, 7) is 3.41. The van der Waals surface area contributed by atoms with Gasteiger partial charge in [-0.05, 0) is 13.3 Å². The Kier molecular flexibility index (Phi) is 3.34. The Hall–Kier alpha value is -0.590. The molecular formula is C8H13NO2. The SMILES string of the molecule is CC(C#N)CC1OCCCO1. The van der Waals surface area contributed by atoms with E-state index in [-0.39, 0.29) is 12.2 Å². The summed E-state index contributed by atoms with van der Waals surface area (Å²) in [5, 5.41) is 8.50. The first kappa shape index (κ1) is 8.51. The lowest BCUT2D eigenvalue weighted by atomic mass is 10.1. The van der Waals surface area contributed by atoms with Gasteiger partial charge in [-0.3, -0.25) is 0 Å². The predicted molar refractivity (Wildman–Crippen MR) is 39.7 cm³/mol. The van der Waals surface area contributed by atoms with Crippen molar-refractivity contribution < 1.29 is 9.47 Å². The highest BCUT2D eigenvalue weighted by Crippen LogP contribution is 2.13. The van der Waals surface area contributed by atoms with Gasteiger partial charge in [0.05, 0.1) is 19.3 Å². The zero-order valence-electron chi connectivity index (χ0n) is 6.75. The summed E-state index contributed by atoms with van der Waals surface area (Å²) in [7, 11) is 0. The minimum absolute atomic E-state index is 0.0260. The standard InChI is InChI=1S/C8H13NO2/c1-7(6-9)5-8-10-3-2-4-11-8/h7-8H,2-5H2,1H3. The third kappa shape index (κ3) is 2.87. The zero-order valence-corrected chi connectivity index (χ0v) is 6.75. The van der Waals surface area contributed by atoms with Gasteiger partial charge < -0.3 is 9.47 Å². The van der Waals surface area contributed by atoms with E-state index in [1.807, 2.05) is 6.92 Å². The fourth-order valence-corrected chi connectivity index (χ4v) is 1.01. The molecular weight excluding hydrogens is 142 g/mol. The number of hydrogen-bond donors (Lipinski definition) is 0. The van der Waals surface area contributed by atoms with Crippen molar-refractivity contribution in [2.45, 2.75) is 26.1 Å². The molecule has 0 aromatic rings. The van der Waals surface area contributed by atoms with E-state index in [0.29, 0.717) is 6.42 Å².